The molecule has 6 heteroatoms. The summed E-state index contributed by atoms with van der Waals surface area (Å²) < 4.78 is 25.6. The highest BCUT2D eigenvalue weighted by Gasteiger charge is 2.34. The largest absolute Gasteiger partial charge is 0.380 e. The molecule has 0 aliphatic heterocycles. The topological polar surface area (TPSA) is 46.2 Å². The van der Waals surface area contributed by atoms with Crippen LogP contribution in [0.4, 0.5) is 5.69 Å². The third-order valence-electron chi connectivity index (χ3n) is 3.27. The van der Waals surface area contributed by atoms with Crippen molar-refractivity contribution in [3.05, 3.63) is 26.2 Å². The molecule has 0 spiro atoms. The Morgan fingerprint density at radius 3 is 2.78 bits per heavy atom. The molecule has 0 radical (unpaired) electrons. The minimum absolute atomic E-state index is 0.0304. The number of benzene rings is 1. The Labute approximate surface area is 130 Å². The molecule has 0 heterocycles. The first-order valence-electron chi connectivity index (χ1n) is 5.78. The Kier molecular flexibility index (Phi) is 4.59. The molecule has 0 aromatic heterocycles. The van der Waals surface area contributed by atoms with E-state index in [9.17, 15) is 8.42 Å². The summed E-state index contributed by atoms with van der Waals surface area (Å²) in [6, 6.07) is 6.02. The summed E-state index contributed by atoms with van der Waals surface area (Å²) in [4.78, 5) is 0. The normalized spacial score (nSPS) is 24.2. The SMILES string of the molecule is CS(=O)(=O)C1CCCC1Nc1cc(Br)ccc1I. The van der Waals surface area contributed by atoms with Gasteiger partial charge in [0.25, 0.3) is 0 Å². The lowest BCUT2D eigenvalue weighted by molar-refractivity contribution is 0.579. The summed E-state index contributed by atoms with van der Waals surface area (Å²) in [7, 11) is -2.97. The maximum Gasteiger partial charge on any atom is 0.152 e. The number of hydrogen-bond donors (Lipinski definition) is 1. The first-order valence-corrected chi connectivity index (χ1v) is 9.61. The van der Waals surface area contributed by atoms with E-state index in [1.165, 1.54) is 6.26 Å². The summed E-state index contributed by atoms with van der Waals surface area (Å²) in [5.41, 5.74) is 1.01. The first-order chi connectivity index (χ1) is 8.38. The molecule has 1 aliphatic carbocycles. The molecule has 0 saturated heterocycles. The van der Waals surface area contributed by atoms with Gasteiger partial charge in [0.05, 0.1) is 5.25 Å². The minimum atomic E-state index is -2.97. The van der Waals surface area contributed by atoms with Gasteiger partial charge in [-0.1, -0.05) is 15.9 Å². The van der Waals surface area contributed by atoms with Crippen molar-refractivity contribution in [2.75, 3.05) is 11.6 Å². The number of hydrogen-bond acceptors (Lipinski definition) is 3. The van der Waals surface area contributed by atoms with Crippen LogP contribution in [0.3, 0.4) is 0 Å². The average molecular weight is 444 g/mol. The lowest BCUT2D eigenvalue weighted by Gasteiger charge is -2.21. The predicted molar refractivity (Wildman–Crippen MR) is 86.8 cm³/mol. The van der Waals surface area contributed by atoms with Gasteiger partial charge in [0.1, 0.15) is 0 Å². The highest BCUT2D eigenvalue weighted by atomic mass is 127. The fourth-order valence-electron chi connectivity index (χ4n) is 2.41. The monoisotopic (exact) mass is 443 g/mol. The molecule has 1 fully saturated rings. The number of nitrogens with one attached hydrogen (secondary N) is 1. The van der Waals surface area contributed by atoms with Crippen LogP contribution < -0.4 is 5.32 Å². The van der Waals surface area contributed by atoms with E-state index in [1.54, 1.807) is 0 Å². The first kappa shape index (κ1) is 14.6. The van der Waals surface area contributed by atoms with E-state index in [-0.39, 0.29) is 11.3 Å². The maximum absolute atomic E-state index is 11.7. The molecular weight excluding hydrogens is 429 g/mol. The number of sulfone groups is 1. The molecule has 1 aromatic carbocycles. The van der Waals surface area contributed by atoms with Crippen LogP contribution in [-0.4, -0.2) is 26.0 Å². The maximum atomic E-state index is 11.7. The minimum Gasteiger partial charge on any atom is -0.380 e. The van der Waals surface area contributed by atoms with Gasteiger partial charge >= 0.3 is 0 Å². The second-order valence-corrected chi connectivity index (χ2v) is 9.02. The smallest absolute Gasteiger partial charge is 0.152 e. The van der Waals surface area contributed by atoms with Gasteiger partial charge in [0, 0.05) is 26.0 Å². The molecule has 3 nitrogen and oxygen atoms in total. The van der Waals surface area contributed by atoms with Gasteiger partial charge in [-0.05, 0) is 60.1 Å². The standard InChI is InChI=1S/C12H15BrINO2S/c1-18(16,17)12-4-2-3-10(12)15-11-7-8(13)5-6-9(11)14/h5-7,10,12,15H,2-4H2,1H3. The Bertz CT molecular complexity index is 547. The molecule has 2 rings (SSSR count). The summed E-state index contributed by atoms with van der Waals surface area (Å²) in [6.45, 7) is 0. The van der Waals surface area contributed by atoms with Gasteiger partial charge in [-0.15, -0.1) is 0 Å². The van der Waals surface area contributed by atoms with E-state index < -0.39 is 9.84 Å². The highest BCUT2D eigenvalue weighted by molar-refractivity contribution is 14.1. The molecule has 18 heavy (non-hydrogen) atoms. The zero-order valence-electron chi connectivity index (χ0n) is 9.99. The molecular formula is C12H15BrINO2S. The van der Waals surface area contributed by atoms with Gasteiger partial charge in [-0.2, -0.15) is 0 Å². The fourth-order valence-corrected chi connectivity index (χ4v) is 4.66. The van der Waals surface area contributed by atoms with Gasteiger partial charge in [-0.25, -0.2) is 8.42 Å². The van der Waals surface area contributed by atoms with Crippen molar-refractivity contribution in [2.24, 2.45) is 0 Å². The van der Waals surface area contributed by atoms with Crippen molar-refractivity contribution >= 4 is 54.0 Å². The quantitative estimate of drug-likeness (QED) is 0.728. The molecule has 1 aliphatic rings. The van der Waals surface area contributed by atoms with Crippen molar-refractivity contribution in [1.29, 1.82) is 0 Å². The zero-order valence-corrected chi connectivity index (χ0v) is 14.5. The molecule has 0 amide bonds. The van der Waals surface area contributed by atoms with E-state index in [2.05, 4.69) is 43.8 Å². The predicted octanol–water partition coefficient (Wildman–Crippen LogP) is 3.43. The van der Waals surface area contributed by atoms with E-state index in [0.29, 0.717) is 0 Å². The van der Waals surface area contributed by atoms with Crippen LogP contribution in [0, 0.1) is 3.57 Å². The molecule has 0 bridgehead atoms. The summed E-state index contributed by atoms with van der Waals surface area (Å²) >= 11 is 5.70. The van der Waals surface area contributed by atoms with Crippen LogP contribution in [0.25, 0.3) is 0 Å². The Hall–Kier alpha value is 0.180. The Morgan fingerprint density at radius 1 is 1.39 bits per heavy atom. The third kappa shape index (κ3) is 3.39. The highest BCUT2D eigenvalue weighted by Crippen LogP contribution is 2.30. The zero-order chi connectivity index (χ0) is 13.3. The van der Waals surface area contributed by atoms with Crippen LogP contribution in [0.2, 0.25) is 0 Å². The van der Waals surface area contributed by atoms with Crippen LogP contribution >= 0.6 is 38.5 Å². The van der Waals surface area contributed by atoms with E-state index in [4.69, 9.17) is 0 Å². The Balaban J connectivity index is 2.21. The third-order valence-corrected chi connectivity index (χ3v) is 6.37. The fraction of sp³-hybridized carbons (Fsp3) is 0.500. The molecule has 1 aromatic rings. The van der Waals surface area contributed by atoms with Crippen LogP contribution in [0.5, 0.6) is 0 Å². The van der Waals surface area contributed by atoms with Gasteiger partial charge < -0.3 is 5.32 Å². The van der Waals surface area contributed by atoms with Crippen LogP contribution in [0.1, 0.15) is 19.3 Å². The molecule has 2 unspecified atom stereocenters. The lowest BCUT2D eigenvalue weighted by atomic mass is 10.2. The van der Waals surface area contributed by atoms with Crippen molar-refractivity contribution < 1.29 is 8.42 Å². The van der Waals surface area contributed by atoms with Crippen LogP contribution in [-0.2, 0) is 9.84 Å². The Morgan fingerprint density at radius 2 is 2.11 bits per heavy atom. The van der Waals surface area contributed by atoms with E-state index in [0.717, 1.165) is 33.0 Å². The van der Waals surface area contributed by atoms with Crippen molar-refractivity contribution in [3.63, 3.8) is 0 Å². The van der Waals surface area contributed by atoms with Crippen molar-refractivity contribution in [3.8, 4) is 0 Å². The van der Waals surface area contributed by atoms with E-state index in [1.807, 2.05) is 18.2 Å². The average Bonchev–Trinajstić information content (AvgIpc) is 2.71. The van der Waals surface area contributed by atoms with Gasteiger partial charge in [0.15, 0.2) is 9.84 Å². The second kappa shape index (κ2) is 5.66. The van der Waals surface area contributed by atoms with Gasteiger partial charge in [0.2, 0.25) is 0 Å². The van der Waals surface area contributed by atoms with E-state index >= 15 is 0 Å². The number of halogens is 2. The summed E-state index contributed by atoms with van der Waals surface area (Å²) in [5.74, 6) is 0. The van der Waals surface area contributed by atoms with Crippen LogP contribution in [0.15, 0.2) is 22.7 Å². The molecule has 1 saturated carbocycles. The lowest BCUT2D eigenvalue weighted by Crippen LogP contribution is -2.34. The number of anilines is 1. The summed E-state index contributed by atoms with van der Waals surface area (Å²) in [5, 5.41) is 3.13. The molecule has 1 N–H and O–H groups in total. The molecule has 2 atom stereocenters. The second-order valence-electron chi connectivity index (χ2n) is 4.67. The molecule has 100 valence electrons. The van der Waals surface area contributed by atoms with Crippen molar-refractivity contribution in [1.82, 2.24) is 0 Å². The van der Waals surface area contributed by atoms with Crippen molar-refractivity contribution in [2.45, 2.75) is 30.6 Å². The summed E-state index contributed by atoms with van der Waals surface area (Å²) in [6.07, 6.45) is 3.99. The van der Waals surface area contributed by atoms with Gasteiger partial charge in [-0.3, -0.25) is 0 Å². The number of rotatable bonds is 3.